The van der Waals surface area contributed by atoms with Crippen LogP contribution in [-0.2, 0) is 15.7 Å². The number of hydrogen-bond acceptors (Lipinski definition) is 3. The van der Waals surface area contributed by atoms with Crippen molar-refractivity contribution in [2.45, 2.75) is 19.5 Å². The molecule has 0 spiro atoms. The molecule has 1 aromatic rings. The Morgan fingerprint density at radius 2 is 2.11 bits per heavy atom. The molecule has 106 valence electrons. The molecule has 0 aliphatic carbocycles. The SMILES string of the molecule is CCOCCC(=O)Nc1ccc(N)c(C(F)(F)F)c1. The van der Waals surface area contributed by atoms with Gasteiger partial charge in [0.15, 0.2) is 0 Å². The molecule has 0 saturated carbocycles. The third kappa shape index (κ3) is 4.78. The Morgan fingerprint density at radius 1 is 1.42 bits per heavy atom. The van der Waals surface area contributed by atoms with Crippen molar-refractivity contribution in [3.05, 3.63) is 23.8 Å². The van der Waals surface area contributed by atoms with Crippen molar-refractivity contribution in [1.29, 1.82) is 0 Å². The number of amides is 1. The Bertz CT molecular complexity index is 447. The quantitative estimate of drug-likeness (QED) is 0.642. The number of carbonyl (C=O) groups is 1. The van der Waals surface area contributed by atoms with E-state index in [4.69, 9.17) is 10.5 Å². The predicted octanol–water partition coefficient (Wildman–Crippen LogP) is 2.65. The van der Waals surface area contributed by atoms with E-state index >= 15 is 0 Å². The second-order valence-corrected chi connectivity index (χ2v) is 3.79. The van der Waals surface area contributed by atoms with Gasteiger partial charge in [-0.2, -0.15) is 13.2 Å². The smallest absolute Gasteiger partial charge is 0.398 e. The number of hydrogen-bond donors (Lipinski definition) is 2. The van der Waals surface area contributed by atoms with Crippen LogP contribution in [0.1, 0.15) is 18.9 Å². The van der Waals surface area contributed by atoms with Gasteiger partial charge in [0.25, 0.3) is 0 Å². The molecule has 7 heteroatoms. The summed E-state index contributed by atoms with van der Waals surface area (Å²) in [4.78, 5) is 11.4. The number of halogens is 3. The maximum absolute atomic E-state index is 12.6. The average Bonchev–Trinajstić information content (AvgIpc) is 2.30. The fraction of sp³-hybridized carbons (Fsp3) is 0.417. The van der Waals surface area contributed by atoms with Gasteiger partial charge in [0.2, 0.25) is 5.91 Å². The first kappa shape index (κ1) is 15.3. The number of alkyl halides is 3. The molecule has 0 aromatic heterocycles. The van der Waals surface area contributed by atoms with Gasteiger partial charge in [-0.1, -0.05) is 0 Å². The molecule has 0 aliphatic heterocycles. The van der Waals surface area contributed by atoms with Crippen molar-refractivity contribution in [1.82, 2.24) is 0 Å². The minimum atomic E-state index is -4.55. The first-order valence-electron chi connectivity index (χ1n) is 5.69. The van der Waals surface area contributed by atoms with Crippen LogP contribution in [0.15, 0.2) is 18.2 Å². The zero-order valence-electron chi connectivity index (χ0n) is 10.4. The minimum Gasteiger partial charge on any atom is -0.398 e. The van der Waals surface area contributed by atoms with Gasteiger partial charge in [0.1, 0.15) is 0 Å². The van der Waals surface area contributed by atoms with Gasteiger partial charge in [0.05, 0.1) is 18.6 Å². The second kappa shape index (κ2) is 6.42. The summed E-state index contributed by atoms with van der Waals surface area (Å²) in [6, 6.07) is 3.25. The summed E-state index contributed by atoms with van der Waals surface area (Å²) in [6.45, 7) is 2.49. The summed E-state index contributed by atoms with van der Waals surface area (Å²) >= 11 is 0. The standard InChI is InChI=1S/C12H15F3N2O2/c1-2-19-6-5-11(18)17-8-3-4-10(16)9(7-8)12(13,14)15/h3-4,7H,2,5-6,16H2,1H3,(H,17,18). The van der Waals surface area contributed by atoms with Crippen molar-refractivity contribution in [3.63, 3.8) is 0 Å². The van der Waals surface area contributed by atoms with Crippen molar-refractivity contribution in [2.24, 2.45) is 0 Å². The molecular formula is C12H15F3N2O2. The highest BCUT2D eigenvalue weighted by Crippen LogP contribution is 2.35. The molecule has 0 atom stereocenters. The lowest BCUT2D eigenvalue weighted by Gasteiger charge is -2.12. The van der Waals surface area contributed by atoms with Gasteiger partial charge in [-0.15, -0.1) is 0 Å². The van der Waals surface area contributed by atoms with E-state index < -0.39 is 17.6 Å². The van der Waals surface area contributed by atoms with E-state index in [2.05, 4.69) is 5.32 Å². The van der Waals surface area contributed by atoms with E-state index in [1.165, 1.54) is 6.07 Å². The number of ether oxygens (including phenoxy) is 1. The van der Waals surface area contributed by atoms with E-state index in [9.17, 15) is 18.0 Å². The summed E-state index contributed by atoms with van der Waals surface area (Å²) in [5.41, 5.74) is 3.97. The lowest BCUT2D eigenvalue weighted by atomic mass is 10.1. The molecule has 0 heterocycles. The van der Waals surface area contributed by atoms with E-state index in [-0.39, 0.29) is 24.4 Å². The molecule has 1 rings (SSSR count). The number of rotatable bonds is 5. The Hall–Kier alpha value is -1.76. The average molecular weight is 276 g/mol. The van der Waals surface area contributed by atoms with Crippen LogP contribution in [0, 0.1) is 0 Å². The third-order valence-electron chi connectivity index (χ3n) is 2.32. The van der Waals surface area contributed by atoms with Crippen LogP contribution >= 0.6 is 0 Å². The van der Waals surface area contributed by atoms with Gasteiger partial charge >= 0.3 is 6.18 Å². The molecule has 3 N–H and O–H groups in total. The highest BCUT2D eigenvalue weighted by Gasteiger charge is 2.33. The molecule has 0 radical (unpaired) electrons. The number of carbonyl (C=O) groups excluding carboxylic acids is 1. The monoisotopic (exact) mass is 276 g/mol. The summed E-state index contributed by atoms with van der Waals surface area (Å²) < 4.78 is 42.8. The summed E-state index contributed by atoms with van der Waals surface area (Å²) in [6.07, 6.45) is -4.46. The summed E-state index contributed by atoms with van der Waals surface area (Å²) in [5.74, 6) is -0.411. The van der Waals surface area contributed by atoms with Gasteiger partial charge in [-0.3, -0.25) is 4.79 Å². The van der Waals surface area contributed by atoms with Crippen LogP contribution in [0.5, 0.6) is 0 Å². The predicted molar refractivity (Wildman–Crippen MR) is 65.6 cm³/mol. The molecule has 19 heavy (non-hydrogen) atoms. The highest BCUT2D eigenvalue weighted by atomic mass is 19.4. The van der Waals surface area contributed by atoms with Crippen molar-refractivity contribution in [2.75, 3.05) is 24.3 Å². The number of nitrogen functional groups attached to an aromatic ring is 1. The maximum atomic E-state index is 12.6. The molecule has 1 aromatic carbocycles. The number of nitrogens with one attached hydrogen (secondary N) is 1. The first-order chi connectivity index (χ1) is 8.84. The normalized spacial score (nSPS) is 11.4. The molecule has 0 fully saturated rings. The molecule has 0 saturated heterocycles. The van der Waals surface area contributed by atoms with Gasteiger partial charge in [-0.25, -0.2) is 0 Å². The Kier molecular flexibility index (Phi) is 5.17. The Balaban J connectivity index is 2.72. The van der Waals surface area contributed by atoms with Crippen LogP contribution < -0.4 is 11.1 Å². The van der Waals surface area contributed by atoms with Crippen LogP contribution in [0.4, 0.5) is 24.5 Å². The number of benzene rings is 1. The van der Waals surface area contributed by atoms with Crippen LogP contribution in [0.3, 0.4) is 0 Å². The fourth-order valence-electron chi connectivity index (χ4n) is 1.41. The van der Waals surface area contributed by atoms with Gasteiger partial charge < -0.3 is 15.8 Å². The van der Waals surface area contributed by atoms with E-state index in [1.54, 1.807) is 6.92 Å². The topological polar surface area (TPSA) is 64.3 Å². The van der Waals surface area contributed by atoms with Crippen LogP contribution in [-0.4, -0.2) is 19.1 Å². The lowest BCUT2D eigenvalue weighted by molar-refractivity contribution is -0.137. The summed E-state index contributed by atoms with van der Waals surface area (Å²) in [7, 11) is 0. The van der Waals surface area contributed by atoms with E-state index in [0.717, 1.165) is 12.1 Å². The second-order valence-electron chi connectivity index (χ2n) is 3.79. The van der Waals surface area contributed by atoms with Crippen LogP contribution in [0.2, 0.25) is 0 Å². The molecule has 4 nitrogen and oxygen atoms in total. The number of anilines is 2. The van der Waals surface area contributed by atoms with Gasteiger partial charge in [0, 0.05) is 18.0 Å². The largest absolute Gasteiger partial charge is 0.418 e. The van der Waals surface area contributed by atoms with E-state index in [1.807, 2.05) is 0 Å². The molecule has 0 unspecified atom stereocenters. The minimum absolute atomic E-state index is 0.0584. The van der Waals surface area contributed by atoms with Crippen molar-refractivity contribution >= 4 is 17.3 Å². The molecule has 0 bridgehead atoms. The Morgan fingerprint density at radius 3 is 2.68 bits per heavy atom. The lowest BCUT2D eigenvalue weighted by Crippen LogP contribution is -2.15. The third-order valence-corrected chi connectivity index (χ3v) is 2.32. The maximum Gasteiger partial charge on any atom is 0.418 e. The van der Waals surface area contributed by atoms with E-state index in [0.29, 0.717) is 6.61 Å². The van der Waals surface area contributed by atoms with Gasteiger partial charge in [-0.05, 0) is 25.1 Å². The summed E-state index contributed by atoms with van der Waals surface area (Å²) in [5, 5.41) is 2.37. The zero-order valence-corrected chi connectivity index (χ0v) is 10.4. The van der Waals surface area contributed by atoms with Crippen LogP contribution in [0.25, 0.3) is 0 Å². The zero-order chi connectivity index (χ0) is 14.5. The molecular weight excluding hydrogens is 261 g/mol. The number of nitrogens with two attached hydrogens (primary N) is 1. The molecule has 1 amide bonds. The Labute approximate surface area is 108 Å². The van der Waals surface area contributed by atoms with Crippen molar-refractivity contribution in [3.8, 4) is 0 Å². The van der Waals surface area contributed by atoms with Crippen molar-refractivity contribution < 1.29 is 22.7 Å². The molecule has 0 aliphatic rings. The fourth-order valence-corrected chi connectivity index (χ4v) is 1.41. The highest BCUT2D eigenvalue weighted by molar-refractivity contribution is 5.91. The first-order valence-corrected chi connectivity index (χ1v) is 5.69.